The van der Waals surface area contributed by atoms with E-state index in [2.05, 4.69) is 4.90 Å². The zero-order chi connectivity index (χ0) is 9.84. The van der Waals surface area contributed by atoms with Crippen LogP contribution in [0.1, 0.15) is 33.1 Å². The van der Waals surface area contributed by atoms with Crippen molar-refractivity contribution in [1.29, 1.82) is 0 Å². The summed E-state index contributed by atoms with van der Waals surface area (Å²) in [6.07, 6.45) is 3.14. The largest absolute Gasteiger partial charge is 0.395 e. The SMILES string of the molecule is CC(O)C(C)N1CCCCC1CO. The molecule has 0 spiro atoms. The summed E-state index contributed by atoms with van der Waals surface area (Å²) in [7, 11) is 0. The minimum atomic E-state index is -0.313. The van der Waals surface area contributed by atoms with E-state index in [4.69, 9.17) is 5.11 Å². The molecule has 1 rings (SSSR count). The molecule has 0 saturated carbocycles. The van der Waals surface area contributed by atoms with Crippen LogP contribution < -0.4 is 0 Å². The Balaban J connectivity index is 2.53. The summed E-state index contributed by atoms with van der Waals surface area (Å²) in [6, 6.07) is 0.427. The van der Waals surface area contributed by atoms with Gasteiger partial charge in [-0.3, -0.25) is 4.90 Å². The normalized spacial score (nSPS) is 30.0. The third-order valence-corrected chi connectivity index (χ3v) is 3.10. The fraction of sp³-hybridized carbons (Fsp3) is 1.00. The van der Waals surface area contributed by atoms with Crippen LogP contribution in [0, 0.1) is 0 Å². The van der Waals surface area contributed by atoms with Crippen molar-refractivity contribution in [3.63, 3.8) is 0 Å². The quantitative estimate of drug-likeness (QED) is 0.680. The molecule has 1 saturated heterocycles. The molecule has 1 aliphatic heterocycles. The lowest BCUT2D eigenvalue weighted by Gasteiger charge is -2.40. The van der Waals surface area contributed by atoms with Crippen molar-refractivity contribution in [2.24, 2.45) is 0 Å². The van der Waals surface area contributed by atoms with E-state index in [1.807, 2.05) is 13.8 Å². The third-order valence-electron chi connectivity index (χ3n) is 3.10. The molecule has 3 heteroatoms. The molecule has 1 aliphatic rings. The molecule has 0 radical (unpaired) electrons. The van der Waals surface area contributed by atoms with Gasteiger partial charge in [0.05, 0.1) is 12.7 Å². The van der Waals surface area contributed by atoms with Crippen LogP contribution in [0.4, 0.5) is 0 Å². The number of aliphatic hydroxyl groups is 2. The van der Waals surface area contributed by atoms with Gasteiger partial charge in [-0.15, -0.1) is 0 Å². The number of nitrogens with zero attached hydrogens (tertiary/aromatic N) is 1. The highest BCUT2D eigenvalue weighted by molar-refractivity contribution is 4.82. The van der Waals surface area contributed by atoms with E-state index in [9.17, 15) is 5.11 Å². The Hall–Kier alpha value is -0.120. The van der Waals surface area contributed by atoms with Gasteiger partial charge in [-0.25, -0.2) is 0 Å². The average molecular weight is 187 g/mol. The van der Waals surface area contributed by atoms with E-state index in [0.717, 1.165) is 13.0 Å². The molecule has 0 aromatic rings. The number of hydrogen-bond acceptors (Lipinski definition) is 3. The summed E-state index contributed by atoms with van der Waals surface area (Å²) in [5.74, 6) is 0. The fourth-order valence-electron chi connectivity index (χ4n) is 2.03. The number of rotatable bonds is 3. The topological polar surface area (TPSA) is 43.7 Å². The van der Waals surface area contributed by atoms with Gasteiger partial charge in [0, 0.05) is 12.1 Å². The summed E-state index contributed by atoms with van der Waals surface area (Å²) in [5.41, 5.74) is 0. The molecule has 0 aromatic heterocycles. The van der Waals surface area contributed by atoms with Crippen molar-refractivity contribution in [1.82, 2.24) is 4.90 Å². The second-order valence-electron chi connectivity index (χ2n) is 4.05. The molecule has 78 valence electrons. The monoisotopic (exact) mass is 187 g/mol. The lowest BCUT2D eigenvalue weighted by atomic mass is 9.99. The first kappa shape index (κ1) is 11.0. The molecule has 3 nitrogen and oxygen atoms in total. The van der Waals surface area contributed by atoms with Gasteiger partial charge in [0.2, 0.25) is 0 Å². The molecule has 0 aromatic carbocycles. The molecule has 13 heavy (non-hydrogen) atoms. The molecule has 2 N–H and O–H groups in total. The van der Waals surface area contributed by atoms with Gasteiger partial charge in [-0.05, 0) is 33.2 Å². The molecule has 1 fully saturated rings. The van der Waals surface area contributed by atoms with Gasteiger partial charge in [0.25, 0.3) is 0 Å². The molecule has 1 heterocycles. The number of piperidine rings is 1. The first-order chi connectivity index (χ1) is 6.16. The van der Waals surface area contributed by atoms with Crippen LogP contribution in [-0.4, -0.2) is 46.5 Å². The molecule has 0 aliphatic carbocycles. The van der Waals surface area contributed by atoms with Crippen LogP contribution in [0.2, 0.25) is 0 Å². The molecule has 0 bridgehead atoms. The second kappa shape index (κ2) is 4.94. The minimum Gasteiger partial charge on any atom is -0.395 e. The molecule has 3 unspecified atom stereocenters. The van der Waals surface area contributed by atoms with Gasteiger partial charge >= 0.3 is 0 Å². The lowest BCUT2D eigenvalue weighted by Crippen LogP contribution is -2.50. The molecule has 3 atom stereocenters. The van der Waals surface area contributed by atoms with Crippen molar-refractivity contribution >= 4 is 0 Å². The standard InChI is InChI=1S/C10H21NO2/c1-8(9(2)13)11-6-4-3-5-10(11)7-12/h8-10,12-13H,3-7H2,1-2H3. The molecular weight excluding hydrogens is 166 g/mol. The Bertz CT molecular complexity index is 148. The van der Waals surface area contributed by atoms with Crippen LogP contribution in [0.3, 0.4) is 0 Å². The maximum Gasteiger partial charge on any atom is 0.0664 e. The maximum atomic E-state index is 9.46. The van der Waals surface area contributed by atoms with Crippen LogP contribution in [-0.2, 0) is 0 Å². The summed E-state index contributed by atoms with van der Waals surface area (Å²) >= 11 is 0. The van der Waals surface area contributed by atoms with Crippen molar-refractivity contribution in [3.8, 4) is 0 Å². The Labute approximate surface area is 80.4 Å². The number of likely N-dealkylation sites (tertiary alicyclic amines) is 1. The summed E-state index contributed by atoms with van der Waals surface area (Å²) in [6.45, 7) is 5.07. The van der Waals surface area contributed by atoms with E-state index in [0.29, 0.717) is 0 Å². The number of hydrogen-bond donors (Lipinski definition) is 2. The predicted octanol–water partition coefficient (Wildman–Crippen LogP) is 0.602. The number of aliphatic hydroxyl groups excluding tert-OH is 2. The van der Waals surface area contributed by atoms with Crippen LogP contribution >= 0.6 is 0 Å². The first-order valence-electron chi connectivity index (χ1n) is 5.21. The van der Waals surface area contributed by atoms with Gasteiger partial charge < -0.3 is 10.2 Å². The van der Waals surface area contributed by atoms with E-state index in [1.54, 1.807) is 0 Å². The van der Waals surface area contributed by atoms with Crippen LogP contribution in [0.15, 0.2) is 0 Å². The Morgan fingerprint density at radius 3 is 2.62 bits per heavy atom. The van der Waals surface area contributed by atoms with E-state index in [-0.39, 0.29) is 24.8 Å². The highest BCUT2D eigenvalue weighted by Crippen LogP contribution is 2.20. The van der Waals surface area contributed by atoms with E-state index < -0.39 is 0 Å². The van der Waals surface area contributed by atoms with E-state index in [1.165, 1.54) is 12.8 Å². The average Bonchev–Trinajstić information content (AvgIpc) is 2.16. The van der Waals surface area contributed by atoms with Gasteiger partial charge in [0.1, 0.15) is 0 Å². The van der Waals surface area contributed by atoms with Crippen molar-refractivity contribution in [3.05, 3.63) is 0 Å². The second-order valence-corrected chi connectivity index (χ2v) is 4.05. The predicted molar refractivity (Wildman–Crippen MR) is 52.6 cm³/mol. The third kappa shape index (κ3) is 2.66. The van der Waals surface area contributed by atoms with Crippen molar-refractivity contribution in [2.75, 3.05) is 13.2 Å². The highest BCUT2D eigenvalue weighted by atomic mass is 16.3. The lowest BCUT2D eigenvalue weighted by molar-refractivity contribution is 0.00510. The smallest absolute Gasteiger partial charge is 0.0664 e. The minimum absolute atomic E-state index is 0.164. The van der Waals surface area contributed by atoms with Crippen molar-refractivity contribution < 1.29 is 10.2 Å². The Morgan fingerprint density at radius 1 is 1.38 bits per heavy atom. The summed E-state index contributed by atoms with van der Waals surface area (Å²) in [5, 5.41) is 18.6. The zero-order valence-corrected chi connectivity index (χ0v) is 8.61. The Kier molecular flexibility index (Phi) is 4.16. The van der Waals surface area contributed by atoms with Gasteiger partial charge in [0.15, 0.2) is 0 Å². The highest BCUT2D eigenvalue weighted by Gasteiger charge is 2.27. The summed E-state index contributed by atoms with van der Waals surface area (Å²) in [4.78, 5) is 2.23. The first-order valence-corrected chi connectivity index (χ1v) is 5.21. The van der Waals surface area contributed by atoms with Crippen LogP contribution in [0.25, 0.3) is 0 Å². The van der Waals surface area contributed by atoms with Gasteiger partial charge in [-0.2, -0.15) is 0 Å². The van der Waals surface area contributed by atoms with E-state index >= 15 is 0 Å². The summed E-state index contributed by atoms with van der Waals surface area (Å²) < 4.78 is 0. The fourth-order valence-corrected chi connectivity index (χ4v) is 2.03. The van der Waals surface area contributed by atoms with Crippen LogP contribution in [0.5, 0.6) is 0 Å². The van der Waals surface area contributed by atoms with Gasteiger partial charge in [-0.1, -0.05) is 6.42 Å². The Morgan fingerprint density at radius 2 is 2.08 bits per heavy atom. The molecule has 0 amide bonds. The zero-order valence-electron chi connectivity index (χ0n) is 8.61. The van der Waals surface area contributed by atoms with Crippen molar-refractivity contribution in [2.45, 2.75) is 51.3 Å². The molecular formula is C10H21NO2. The maximum absolute atomic E-state index is 9.46.